The molecule has 2 aromatic rings. The third kappa shape index (κ3) is 3.99. The van der Waals surface area contributed by atoms with Gasteiger partial charge in [-0.1, -0.05) is 18.2 Å². The lowest BCUT2D eigenvalue weighted by Gasteiger charge is -2.16. The summed E-state index contributed by atoms with van der Waals surface area (Å²) >= 11 is 0. The Balaban J connectivity index is 2.04. The highest BCUT2D eigenvalue weighted by Gasteiger charge is 2.06. The molecular formula is C17H15N3O. The summed E-state index contributed by atoms with van der Waals surface area (Å²) in [7, 11) is 0. The zero-order valence-corrected chi connectivity index (χ0v) is 11.7. The van der Waals surface area contributed by atoms with Crippen LogP contribution in [0.15, 0.2) is 48.5 Å². The van der Waals surface area contributed by atoms with Gasteiger partial charge in [-0.2, -0.15) is 10.5 Å². The molecule has 2 aromatic carbocycles. The Morgan fingerprint density at radius 3 is 2.57 bits per heavy atom. The number of nitrogens with one attached hydrogen (secondary N) is 1. The van der Waals surface area contributed by atoms with E-state index in [1.54, 1.807) is 6.07 Å². The number of ether oxygens (including phenoxy) is 1. The first-order valence-corrected chi connectivity index (χ1v) is 6.59. The molecule has 104 valence electrons. The van der Waals surface area contributed by atoms with Gasteiger partial charge in [-0.25, -0.2) is 0 Å². The molecule has 1 atom stereocenters. The lowest BCUT2D eigenvalue weighted by atomic mass is 10.1. The standard InChI is InChI=1S/C17H15N3O/c1-13(20-16-4-2-3-14(11-16)12-19)15-5-7-17(8-6-15)21-10-9-18/h2-8,11,13,20H,10H2,1H3. The zero-order valence-electron chi connectivity index (χ0n) is 11.7. The molecule has 0 bridgehead atoms. The van der Waals surface area contributed by atoms with Crippen molar-refractivity contribution < 1.29 is 4.74 Å². The Labute approximate surface area is 124 Å². The van der Waals surface area contributed by atoms with E-state index in [-0.39, 0.29) is 12.6 Å². The Kier molecular flexibility index (Phi) is 4.79. The van der Waals surface area contributed by atoms with E-state index >= 15 is 0 Å². The Bertz CT molecular complexity index is 680. The van der Waals surface area contributed by atoms with Gasteiger partial charge >= 0.3 is 0 Å². The molecular weight excluding hydrogens is 262 g/mol. The molecule has 0 aromatic heterocycles. The fourth-order valence-corrected chi connectivity index (χ4v) is 1.98. The Morgan fingerprint density at radius 1 is 1.14 bits per heavy atom. The molecule has 0 aliphatic rings. The average molecular weight is 277 g/mol. The SMILES string of the molecule is CC(Nc1cccc(C#N)c1)c1ccc(OCC#N)cc1. The maximum Gasteiger partial charge on any atom is 0.174 e. The summed E-state index contributed by atoms with van der Waals surface area (Å²) in [6.07, 6.45) is 0. The number of hydrogen-bond acceptors (Lipinski definition) is 4. The molecule has 0 amide bonds. The first kappa shape index (κ1) is 14.4. The predicted molar refractivity (Wildman–Crippen MR) is 80.7 cm³/mol. The number of rotatable bonds is 5. The van der Waals surface area contributed by atoms with Gasteiger partial charge in [0.15, 0.2) is 6.61 Å². The zero-order chi connectivity index (χ0) is 15.1. The van der Waals surface area contributed by atoms with Crippen LogP contribution >= 0.6 is 0 Å². The van der Waals surface area contributed by atoms with E-state index in [2.05, 4.69) is 11.4 Å². The van der Waals surface area contributed by atoms with Gasteiger partial charge in [0.25, 0.3) is 0 Å². The maximum absolute atomic E-state index is 8.90. The van der Waals surface area contributed by atoms with Crippen molar-refractivity contribution >= 4 is 5.69 Å². The van der Waals surface area contributed by atoms with E-state index in [1.807, 2.05) is 55.5 Å². The molecule has 0 aliphatic carbocycles. The molecule has 2 rings (SSSR count). The van der Waals surface area contributed by atoms with Crippen LogP contribution in [0.4, 0.5) is 5.69 Å². The van der Waals surface area contributed by atoms with E-state index < -0.39 is 0 Å². The van der Waals surface area contributed by atoms with Crippen LogP contribution in [0.2, 0.25) is 0 Å². The number of hydrogen-bond donors (Lipinski definition) is 1. The van der Waals surface area contributed by atoms with Gasteiger partial charge < -0.3 is 10.1 Å². The van der Waals surface area contributed by atoms with Crippen molar-refractivity contribution in [1.29, 1.82) is 10.5 Å². The van der Waals surface area contributed by atoms with Crippen molar-refractivity contribution in [2.75, 3.05) is 11.9 Å². The number of benzene rings is 2. The number of anilines is 1. The third-order valence-corrected chi connectivity index (χ3v) is 3.06. The minimum absolute atomic E-state index is 0.0497. The molecule has 0 saturated heterocycles. The topological polar surface area (TPSA) is 68.8 Å². The first-order valence-electron chi connectivity index (χ1n) is 6.59. The second-order valence-electron chi connectivity index (χ2n) is 4.57. The van der Waals surface area contributed by atoms with E-state index in [9.17, 15) is 0 Å². The number of nitrogens with zero attached hydrogens (tertiary/aromatic N) is 2. The average Bonchev–Trinajstić information content (AvgIpc) is 2.53. The summed E-state index contributed by atoms with van der Waals surface area (Å²) in [4.78, 5) is 0. The van der Waals surface area contributed by atoms with Gasteiger partial charge in [-0.15, -0.1) is 0 Å². The summed E-state index contributed by atoms with van der Waals surface area (Å²) in [5, 5.41) is 20.7. The predicted octanol–water partition coefficient (Wildman–Crippen LogP) is 3.63. The highest BCUT2D eigenvalue weighted by Crippen LogP contribution is 2.22. The van der Waals surface area contributed by atoms with Gasteiger partial charge in [-0.05, 0) is 42.8 Å². The van der Waals surface area contributed by atoms with Crippen LogP contribution in [-0.4, -0.2) is 6.61 Å². The smallest absolute Gasteiger partial charge is 0.174 e. The van der Waals surface area contributed by atoms with Crippen molar-refractivity contribution in [3.8, 4) is 17.9 Å². The van der Waals surface area contributed by atoms with Crippen LogP contribution < -0.4 is 10.1 Å². The van der Waals surface area contributed by atoms with Crippen LogP contribution in [0.1, 0.15) is 24.1 Å². The van der Waals surface area contributed by atoms with Gasteiger partial charge in [-0.3, -0.25) is 0 Å². The second kappa shape index (κ2) is 6.98. The van der Waals surface area contributed by atoms with Crippen molar-refractivity contribution in [2.24, 2.45) is 0 Å². The molecule has 0 spiro atoms. The molecule has 0 heterocycles. The number of nitriles is 2. The summed E-state index contributed by atoms with van der Waals surface area (Å²) in [6, 6.07) is 19.1. The van der Waals surface area contributed by atoms with Crippen LogP contribution in [0.3, 0.4) is 0 Å². The first-order chi connectivity index (χ1) is 10.2. The van der Waals surface area contributed by atoms with Crippen LogP contribution in [0.5, 0.6) is 5.75 Å². The van der Waals surface area contributed by atoms with Crippen LogP contribution in [-0.2, 0) is 0 Å². The fourth-order valence-electron chi connectivity index (χ4n) is 1.98. The molecule has 0 radical (unpaired) electrons. The highest BCUT2D eigenvalue weighted by molar-refractivity contribution is 5.50. The summed E-state index contributed by atoms with van der Waals surface area (Å²) in [5.41, 5.74) is 2.64. The van der Waals surface area contributed by atoms with E-state index in [1.165, 1.54) is 0 Å². The van der Waals surface area contributed by atoms with Crippen molar-refractivity contribution in [3.63, 3.8) is 0 Å². The molecule has 1 unspecified atom stereocenters. The second-order valence-corrected chi connectivity index (χ2v) is 4.57. The van der Waals surface area contributed by atoms with Gasteiger partial charge in [0.05, 0.1) is 11.6 Å². The Morgan fingerprint density at radius 2 is 1.90 bits per heavy atom. The van der Waals surface area contributed by atoms with E-state index in [0.717, 1.165) is 11.3 Å². The van der Waals surface area contributed by atoms with Gasteiger partial charge in [0.1, 0.15) is 11.8 Å². The van der Waals surface area contributed by atoms with Crippen molar-refractivity contribution in [3.05, 3.63) is 59.7 Å². The van der Waals surface area contributed by atoms with Crippen molar-refractivity contribution in [1.82, 2.24) is 0 Å². The Hall–Kier alpha value is -2.98. The molecule has 0 fully saturated rings. The quantitative estimate of drug-likeness (QED) is 0.906. The van der Waals surface area contributed by atoms with E-state index in [4.69, 9.17) is 15.3 Å². The summed E-state index contributed by atoms with van der Waals surface area (Å²) in [5.74, 6) is 0.680. The summed E-state index contributed by atoms with van der Waals surface area (Å²) < 4.78 is 5.22. The lowest BCUT2D eigenvalue weighted by molar-refractivity contribution is 0.368. The monoisotopic (exact) mass is 277 g/mol. The minimum Gasteiger partial charge on any atom is -0.479 e. The van der Waals surface area contributed by atoms with Crippen molar-refractivity contribution in [2.45, 2.75) is 13.0 Å². The highest BCUT2D eigenvalue weighted by atomic mass is 16.5. The third-order valence-electron chi connectivity index (χ3n) is 3.06. The van der Waals surface area contributed by atoms with E-state index in [0.29, 0.717) is 11.3 Å². The molecule has 0 saturated carbocycles. The lowest BCUT2D eigenvalue weighted by Crippen LogP contribution is -2.06. The van der Waals surface area contributed by atoms with Gasteiger partial charge in [0, 0.05) is 11.7 Å². The minimum atomic E-state index is 0.0497. The molecule has 4 nitrogen and oxygen atoms in total. The molecule has 1 N–H and O–H groups in total. The summed E-state index contributed by atoms with van der Waals surface area (Å²) in [6.45, 7) is 2.10. The fraction of sp³-hybridized carbons (Fsp3) is 0.176. The normalized spacial score (nSPS) is 11.0. The molecule has 0 aliphatic heterocycles. The molecule has 4 heteroatoms. The maximum atomic E-state index is 8.90. The largest absolute Gasteiger partial charge is 0.479 e. The van der Waals surface area contributed by atoms with Crippen LogP contribution in [0, 0.1) is 22.7 Å². The molecule has 21 heavy (non-hydrogen) atoms. The van der Waals surface area contributed by atoms with Gasteiger partial charge in [0.2, 0.25) is 0 Å². The van der Waals surface area contributed by atoms with Crippen LogP contribution in [0.25, 0.3) is 0 Å².